The highest BCUT2D eigenvalue weighted by molar-refractivity contribution is 5.94. The van der Waals surface area contributed by atoms with E-state index in [2.05, 4.69) is 10.3 Å². The number of ether oxygens (including phenoxy) is 1. The molecule has 6 nitrogen and oxygen atoms in total. The van der Waals surface area contributed by atoms with Gasteiger partial charge in [-0.1, -0.05) is 6.07 Å². The minimum atomic E-state index is -0.672. The van der Waals surface area contributed by atoms with Crippen molar-refractivity contribution in [3.63, 3.8) is 0 Å². The van der Waals surface area contributed by atoms with Crippen LogP contribution in [-0.4, -0.2) is 30.0 Å². The van der Waals surface area contributed by atoms with Crippen LogP contribution in [0.5, 0.6) is 0 Å². The van der Waals surface area contributed by atoms with E-state index in [1.807, 2.05) is 18.2 Å². The fraction of sp³-hybridized carbons (Fsp3) is 0.214. The molecule has 0 spiro atoms. The molecule has 20 heavy (non-hydrogen) atoms. The molecule has 0 saturated carbocycles. The van der Waals surface area contributed by atoms with Gasteiger partial charge in [-0.15, -0.1) is 0 Å². The molecule has 0 fully saturated rings. The van der Waals surface area contributed by atoms with Crippen molar-refractivity contribution in [1.82, 2.24) is 10.3 Å². The maximum absolute atomic E-state index is 11.4. The molecular formula is C14H15N3O3. The van der Waals surface area contributed by atoms with E-state index >= 15 is 0 Å². The number of rotatable bonds is 6. The zero-order chi connectivity index (χ0) is 14.4. The maximum atomic E-state index is 11.4. The van der Waals surface area contributed by atoms with Gasteiger partial charge in [-0.2, -0.15) is 0 Å². The number of pyridine rings is 1. The zero-order valence-electron chi connectivity index (χ0n) is 10.8. The standard InChI is InChI=1S/C14H15N3O3/c15-13(19)10-5-6-12(11-4-1-2-7-16-11)17-14(10)20-9-3-8-18/h1-2,4-8,14,17H,3,9H2,(H2,15,19)/t14-/m0/s1. The fourth-order valence-electron chi connectivity index (χ4n) is 1.79. The average molecular weight is 273 g/mol. The molecule has 2 rings (SSSR count). The number of nitrogens with zero attached hydrogens (tertiary/aromatic N) is 1. The number of aldehydes is 1. The Balaban J connectivity index is 2.18. The third-order valence-electron chi connectivity index (χ3n) is 2.74. The molecule has 1 amide bonds. The number of dihydropyridines is 1. The summed E-state index contributed by atoms with van der Waals surface area (Å²) in [6.07, 6.45) is 5.34. The van der Waals surface area contributed by atoms with Gasteiger partial charge in [-0.05, 0) is 24.3 Å². The molecule has 3 N–H and O–H groups in total. The van der Waals surface area contributed by atoms with E-state index in [-0.39, 0.29) is 13.0 Å². The molecule has 0 bridgehead atoms. The van der Waals surface area contributed by atoms with E-state index in [1.165, 1.54) is 0 Å². The monoisotopic (exact) mass is 273 g/mol. The van der Waals surface area contributed by atoms with E-state index in [4.69, 9.17) is 10.5 Å². The molecule has 6 heteroatoms. The summed E-state index contributed by atoms with van der Waals surface area (Å²) in [5.74, 6) is -0.565. The molecule has 104 valence electrons. The average Bonchev–Trinajstić information content (AvgIpc) is 2.48. The summed E-state index contributed by atoms with van der Waals surface area (Å²) in [6.45, 7) is 0.210. The Morgan fingerprint density at radius 3 is 2.95 bits per heavy atom. The number of hydrogen-bond donors (Lipinski definition) is 2. The lowest BCUT2D eigenvalue weighted by Crippen LogP contribution is -2.39. The lowest BCUT2D eigenvalue weighted by molar-refractivity contribution is -0.116. The summed E-state index contributed by atoms with van der Waals surface area (Å²) in [4.78, 5) is 25.9. The minimum Gasteiger partial charge on any atom is -0.366 e. The predicted molar refractivity (Wildman–Crippen MR) is 73.0 cm³/mol. The van der Waals surface area contributed by atoms with Gasteiger partial charge in [0.1, 0.15) is 6.29 Å². The van der Waals surface area contributed by atoms with Gasteiger partial charge in [-0.3, -0.25) is 9.78 Å². The summed E-state index contributed by atoms with van der Waals surface area (Å²) in [7, 11) is 0. The summed E-state index contributed by atoms with van der Waals surface area (Å²) >= 11 is 0. The third-order valence-corrected chi connectivity index (χ3v) is 2.74. The van der Waals surface area contributed by atoms with Gasteiger partial charge in [-0.25, -0.2) is 0 Å². The highest BCUT2D eigenvalue weighted by atomic mass is 16.5. The Morgan fingerprint density at radius 2 is 2.30 bits per heavy atom. The second-order valence-corrected chi connectivity index (χ2v) is 4.13. The molecule has 0 aromatic carbocycles. The normalized spacial score (nSPS) is 17.7. The lowest BCUT2D eigenvalue weighted by Gasteiger charge is -2.25. The molecule has 0 radical (unpaired) electrons. The number of nitrogens with one attached hydrogen (secondary N) is 1. The molecule has 0 saturated heterocycles. The first-order valence-corrected chi connectivity index (χ1v) is 6.17. The molecule has 1 aliphatic rings. The molecule has 1 aromatic rings. The number of carbonyl (C=O) groups excluding carboxylic acids is 2. The number of nitrogens with two attached hydrogens (primary N) is 1. The van der Waals surface area contributed by atoms with Crippen molar-refractivity contribution in [2.45, 2.75) is 12.6 Å². The molecule has 1 aromatic heterocycles. The smallest absolute Gasteiger partial charge is 0.249 e. The van der Waals surface area contributed by atoms with E-state index in [9.17, 15) is 9.59 Å². The van der Waals surface area contributed by atoms with Crippen molar-refractivity contribution in [2.24, 2.45) is 5.73 Å². The van der Waals surface area contributed by atoms with Gasteiger partial charge in [0.25, 0.3) is 0 Å². The van der Waals surface area contributed by atoms with Gasteiger partial charge >= 0.3 is 0 Å². The van der Waals surface area contributed by atoms with Gasteiger partial charge < -0.3 is 20.6 Å². The van der Waals surface area contributed by atoms with Crippen LogP contribution in [0.25, 0.3) is 5.70 Å². The van der Waals surface area contributed by atoms with Crippen molar-refractivity contribution in [1.29, 1.82) is 0 Å². The molecule has 1 atom stereocenters. The summed E-state index contributed by atoms with van der Waals surface area (Å²) < 4.78 is 5.47. The second-order valence-electron chi connectivity index (χ2n) is 4.13. The van der Waals surface area contributed by atoms with Gasteiger partial charge in [0.2, 0.25) is 5.91 Å². The van der Waals surface area contributed by atoms with Gasteiger partial charge in [0.05, 0.1) is 23.6 Å². The third kappa shape index (κ3) is 3.30. The number of primary amides is 1. The van der Waals surface area contributed by atoms with Crippen LogP contribution in [0, 0.1) is 0 Å². The van der Waals surface area contributed by atoms with Crippen molar-refractivity contribution < 1.29 is 14.3 Å². The first kappa shape index (κ1) is 14.0. The Hall–Kier alpha value is -2.47. The second kappa shape index (κ2) is 6.63. The predicted octanol–water partition coefficient (Wildman–Crippen LogP) is 0.369. The Bertz CT molecular complexity index is 552. The molecule has 0 unspecified atom stereocenters. The van der Waals surface area contributed by atoms with Crippen LogP contribution < -0.4 is 11.1 Å². The Labute approximate surface area is 116 Å². The van der Waals surface area contributed by atoms with Crippen LogP contribution in [0.4, 0.5) is 0 Å². The number of aromatic nitrogens is 1. The van der Waals surface area contributed by atoms with Crippen LogP contribution in [0.1, 0.15) is 12.1 Å². The molecule has 1 aliphatic heterocycles. The van der Waals surface area contributed by atoms with E-state index < -0.39 is 12.1 Å². The zero-order valence-corrected chi connectivity index (χ0v) is 10.8. The SMILES string of the molecule is NC(=O)C1=CC=C(c2ccccn2)N[C@H]1OCCC=O. The molecular weight excluding hydrogens is 258 g/mol. The Kier molecular flexibility index (Phi) is 4.62. The number of allylic oxidation sites excluding steroid dienone is 2. The highest BCUT2D eigenvalue weighted by Crippen LogP contribution is 2.18. The molecule has 0 aliphatic carbocycles. The van der Waals surface area contributed by atoms with E-state index in [0.717, 1.165) is 17.7 Å². The largest absolute Gasteiger partial charge is 0.366 e. The summed E-state index contributed by atoms with van der Waals surface area (Å²) in [5, 5.41) is 3.05. The van der Waals surface area contributed by atoms with Crippen molar-refractivity contribution in [3.05, 3.63) is 47.8 Å². The maximum Gasteiger partial charge on any atom is 0.249 e. The fourth-order valence-corrected chi connectivity index (χ4v) is 1.79. The number of carbonyl (C=O) groups is 2. The van der Waals surface area contributed by atoms with Crippen LogP contribution in [-0.2, 0) is 14.3 Å². The van der Waals surface area contributed by atoms with E-state index in [0.29, 0.717) is 5.57 Å². The number of amides is 1. The van der Waals surface area contributed by atoms with Crippen molar-refractivity contribution in [2.75, 3.05) is 6.61 Å². The van der Waals surface area contributed by atoms with Crippen LogP contribution in [0.3, 0.4) is 0 Å². The van der Waals surface area contributed by atoms with Gasteiger partial charge in [0, 0.05) is 12.6 Å². The molecule has 2 heterocycles. The van der Waals surface area contributed by atoms with E-state index in [1.54, 1.807) is 18.3 Å². The van der Waals surface area contributed by atoms with Crippen molar-refractivity contribution in [3.8, 4) is 0 Å². The summed E-state index contributed by atoms with van der Waals surface area (Å²) in [5.41, 5.74) is 7.08. The first-order chi connectivity index (χ1) is 9.72. The van der Waals surface area contributed by atoms with Crippen LogP contribution in [0.2, 0.25) is 0 Å². The lowest BCUT2D eigenvalue weighted by atomic mass is 10.1. The highest BCUT2D eigenvalue weighted by Gasteiger charge is 2.23. The minimum absolute atomic E-state index is 0.210. The van der Waals surface area contributed by atoms with Gasteiger partial charge in [0.15, 0.2) is 6.23 Å². The van der Waals surface area contributed by atoms with Crippen LogP contribution in [0.15, 0.2) is 42.1 Å². The van der Waals surface area contributed by atoms with Crippen LogP contribution >= 0.6 is 0 Å². The quantitative estimate of drug-likeness (QED) is 0.577. The topological polar surface area (TPSA) is 94.3 Å². The van der Waals surface area contributed by atoms with Crippen molar-refractivity contribution >= 4 is 17.9 Å². The number of hydrogen-bond acceptors (Lipinski definition) is 5. The summed E-state index contributed by atoms with van der Waals surface area (Å²) in [6, 6.07) is 5.51. The first-order valence-electron chi connectivity index (χ1n) is 6.17. The Morgan fingerprint density at radius 1 is 1.45 bits per heavy atom.